The van der Waals surface area contributed by atoms with Crippen molar-refractivity contribution in [3.8, 4) is 0 Å². The van der Waals surface area contributed by atoms with Gasteiger partial charge in [0.1, 0.15) is 0 Å². The Balaban J connectivity index is 2.59. The minimum atomic E-state index is -0.501. The SMILES string of the molecule is CCn1cc(C(=O)C(N)CCOC)cn1. The van der Waals surface area contributed by atoms with Crippen LogP contribution in [0, 0.1) is 0 Å². The number of carbonyl (C=O) groups excluding carboxylic acids is 1. The predicted molar refractivity (Wildman–Crippen MR) is 56.7 cm³/mol. The maximum absolute atomic E-state index is 11.7. The van der Waals surface area contributed by atoms with Gasteiger partial charge in [0.05, 0.1) is 17.8 Å². The summed E-state index contributed by atoms with van der Waals surface area (Å²) in [7, 11) is 1.59. The molecule has 0 saturated heterocycles. The molecule has 0 amide bonds. The van der Waals surface area contributed by atoms with Crippen LogP contribution in [0.4, 0.5) is 0 Å². The van der Waals surface area contributed by atoms with Gasteiger partial charge in [0.25, 0.3) is 0 Å². The fraction of sp³-hybridized carbons (Fsp3) is 0.600. The van der Waals surface area contributed by atoms with E-state index in [0.29, 0.717) is 18.6 Å². The van der Waals surface area contributed by atoms with Crippen molar-refractivity contribution in [2.75, 3.05) is 13.7 Å². The van der Waals surface area contributed by atoms with Gasteiger partial charge >= 0.3 is 0 Å². The maximum atomic E-state index is 11.7. The number of hydrogen-bond acceptors (Lipinski definition) is 4. The molecule has 15 heavy (non-hydrogen) atoms. The van der Waals surface area contributed by atoms with Gasteiger partial charge in [0.15, 0.2) is 5.78 Å². The average molecular weight is 211 g/mol. The lowest BCUT2D eigenvalue weighted by Crippen LogP contribution is -2.31. The first-order chi connectivity index (χ1) is 7.19. The van der Waals surface area contributed by atoms with Gasteiger partial charge in [0, 0.05) is 26.5 Å². The molecule has 5 nitrogen and oxygen atoms in total. The number of rotatable bonds is 6. The summed E-state index contributed by atoms with van der Waals surface area (Å²) < 4.78 is 6.58. The Bertz CT molecular complexity index is 322. The molecule has 0 radical (unpaired) electrons. The number of carbonyl (C=O) groups is 1. The molecule has 1 aromatic heterocycles. The third kappa shape index (κ3) is 3.14. The highest BCUT2D eigenvalue weighted by Gasteiger charge is 2.16. The molecule has 0 aromatic carbocycles. The standard InChI is InChI=1S/C10H17N3O2/c1-3-13-7-8(6-12-13)10(14)9(11)4-5-15-2/h6-7,9H,3-5,11H2,1-2H3. The Labute approximate surface area is 89.2 Å². The summed E-state index contributed by atoms with van der Waals surface area (Å²) in [6.45, 7) is 3.21. The Kier molecular flexibility index (Phi) is 4.45. The first kappa shape index (κ1) is 11.9. The smallest absolute Gasteiger partial charge is 0.182 e. The number of aryl methyl sites for hydroxylation is 1. The van der Waals surface area contributed by atoms with Gasteiger partial charge < -0.3 is 10.5 Å². The summed E-state index contributed by atoms with van der Waals surface area (Å²) in [5.41, 5.74) is 6.29. The molecule has 0 aliphatic rings. The number of nitrogens with zero attached hydrogens (tertiary/aromatic N) is 2. The topological polar surface area (TPSA) is 70.1 Å². The Hall–Kier alpha value is -1.20. The van der Waals surface area contributed by atoms with Crippen molar-refractivity contribution < 1.29 is 9.53 Å². The van der Waals surface area contributed by atoms with E-state index >= 15 is 0 Å². The summed E-state index contributed by atoms with van der Waals surface area (Å²) in [6.07, 6.45) is 3.81. The molecule has 5 heteroatoms. The molecule has 1 heterocycles. The molecule has 0 spiro atoms. The van der Waals surface area contributed by atoms with Crippen LogP contribution in [0.1, 0.15) is 23.7 Å². The summed E-state index contributed by atoms with van der Waals surface area (Å²) in [5, 5.41) is 4.03. The third-order valence-electron chi connectivity index (χ3n) is 2.21. The molecular weight excluding hydrogens is 194 g/mol. The molecule has 1 rings (SSSR count). The summed E-state index contributed by atoms with van der Waals surface area (Å²) >= 11 is 0. The lowest BCUT2D eigenvalue weighted by Gasteiger charge is -2.07. The van der Waals surface area contributed by atoms with Crippen LogP contribution in [0.15, 0.2) is 12.4 Å². The minimum Gasteiger partial charge on any atom is -0.385 e. The fourth-order valence-corrected chi connectivity index (χ4v) is 1.25. The van der Waals surface area contributed by atoms with Crippen LogP contribution in [-0.4, -0.2) is 35.3 Å². The van der Waals surface area contributed by atoms with Crippen LogP contribution in [0.3, 0.4) is 0 Å². The normalized spacial score (nSPS) is 12.7. The number of hydrogen-bond donors (Lipinski definition) is 1. The van der Waals surface area contributed by atoms with Crippen molar-refractivity contribution in [2.24, 2.45) is 5.73 Å². The van der Waals surface area contributed by atoms with Crippen LogP contribution in [-0.2, 0) is 11.3 Å². The average Bonchev–Trinajstić information content (AvgIpc) is 2.73. The van der Waals surface area contributed by atoms with E-state index in [2.05, 4.69) is 5.10 Å². The molecule has 1 atom stereocenters. The van der Waals surface area contributed by atoms with E-state index in [4.69, 9.17) is 10.5 Å². The predicted octanol–water partition coefficient (Wildman–Crippen LogP) is 0.449. The molecule has 0 aliphatic carbocycles. The van der Waals surface area contributed by atoms with Gasteiger partial charge in [-0.05, 0) is 13.3 Å². The van der Waals surface area contributed by atoms with Crippen LogP contribution in [0.25, 0.3) is 0 Å². The van der Waals surface area contributed by atoms with E-state index in [-0.39, 0.29) is 5.78 Å². The van der Waals surface area contributed by atoms with E-state index < -0.39 is 6.04 Å². The lowest BCUT2D eigenvalue weighted by molar-refractivity contribution is 0.0935. The first-order valence-electron chi connectivity index (χ1n) is 5.00. The Morgan fingerprint density at radius 3 is 3.00 bits per heavy atom. The highest BCUT2D eigenvalue weighted by atomic mass is 16.5. The molecule has 0 aliphatic heterocycles. The molecule has 2 N–H and O–H groups in total. The number of nitrogens with two attached hydrogens (primary N) is 1. The molecule has 0 fully saturated rings. The number of methoxy groups -OCH3 is 1. The fourth-order valence-electron chi connectivity index (χ4n) is 1.25. The van der Waals surface area contributed by atoms with Crippen molar-refractivity contribution in [2.45, 2.75) is 25.9 Å². The Morgan fingerprint density at radius 2 is 2.47 bits per heavy atom. The van der Waals surface area contributed by atoms with Crippen molar-refractivity contribution in [1.82, 2.24) is 9.78 Å². The molecule has 0 saturated carbocycles. The Morgan fingerprint density at radius 1 is 1.73 bits per heavy atom. The molecule has 1 aromatic rings. The molecule has 84 valence electrons. The maximum Gasteiger partial charge on any atom is 0.182 e. The summed E-state index contributed by atoms with van der Waals surface area (Å²) in [5.74, 6) is -0.0771. The molecule has 0 bridgehead atoms. The number of ketones is 1. The zero-order chi connectivity index (χ0) is 11.3. The van der Waals surface area contributed by atoms with Crippen LogP contribution < -0.4 is 5.73 Å². The number of ether oxygens (including phenoxy) is 1. The third-order valence-corrected chi connectivity index (χ3v) is 2.21. The van der Waals surface area contributed by atoms with Gasteiger partial charge in [-0.1, -0.05) is 0 Å². The second-order valence-corrected chi connectivity index (χ2v) is 3.34. The van der Waals surface area contributed by atoms with Gasteiger partial charge in [0.2, 0.25) is 0 Å². The van der Waals surface area contributed by atoms with Crippen LogP contribution >= 0.6 is 0 Å². The minimum absolute atomic E-state index is 0.0771. The monoisotopic (exact) mass is 211 g/mol. The van der Waals surface area contributed by atoms with Crippen molar-refractivity contribution >= 4 is 5.78 Å². The second kappa shape index (κ2) is 5.63. The van der Waals surface area contributed by atoms with E-state index in [1.807, 2.05) is 6.92 Å². The van der Waals surface area contributed by atoms with Gasteiger partial charge in [-0.25, -0.2) is 0 Å². The van der Waals surface area contributed by atoms with E-state index in [1.54, 1.807) is 24.2 Å². The van der Waals surface area contributed by atoms with Crippen molar-refractivity contribution in [1.29, 1.82) is 0 Å². The highest BCUT2D eigenvalue weighted by molar-refractivity contribution is 5.99. The van der Waals surface area contributed by atoms with Crippen LogP contribution in [0.5, 0.6) is 0 Å². The molecule has 1 unspecified atom stereocenters. The van der Waals surface area contributed by atoms with E-state index in [0.717, 1.165) is 6.54 Å². The van der Waals surface area contributed by atoms with Crippen LogP contribution in [0.2, 0.25) is 0 Å². The van der Waals surface area contributed by atoms with Crippen molar-refractivity contribution in [3.63, 3.8) is 0 Å². The van der Waals surface area contributed by atoms with Gasteiger partial charge in [-0.2, -0.15) is 5.10 Å². The van der Waals surface area contributed by atoms with Gasteiger partial charge in [-0.15, -0.1) is 0 Å². The van der Waals surface area contributed by atoms with E-state index in [1.165, 1.54) is 0 Å². The summed E-state index contributed by atoms with van der Waals surface area (Å²) in [6, 6.07) is -0.501. The summed E-state index contributed by atoms with van der Waals surface area (Å²) in [4.78, 5) is 11.7. The largest absolute Gasteiger partial charge is 0.385 e. The quantitative estimate of drug-likeness (QED) is 0.693. The zero-order valence-electron chi connectivity index (χ0n) is 9.14. The van der Waals surface area contributed by atoms with Crippen molar-refractivity contribution in [3.05, 3.63) is 18.0 Å². The lowest BCUT2D eigenvalue weighted by atomic mass is 10.1. The highest BCUT2D eigenvalue weighted by Crippen LogP contribution is 2.04. The first-order valence-corrected chi connectivity index (χ1v) is 5.00. The molecular formula is C10H17N3O2. The number of Topliss-reactive ketones (excluding diaryl/α,β-unsaturated/α-hetero) is 1. The number of aromatic nitrogens is 2. The zero-order valence-corrected chi connectivity index (χ0v) is 9.14. The van der Waals surface area contributed by atoms with E-state index in [9.17, 15) is 4.79 Å². The second-order valence-electron chi connectivity index (χ2n) is 3.34. The van der Waals surface area contributed by atoms with Gasteiger partial charge in [-0.3, -0.25) is 9.48 Å².